The summed E-state index contributed by atoms with van der Waals surface area (Å²) in [5, 5.41) is 9.54. The molecule has 1 heterocycles. The molecule has 0 saturated carbocycles. The van der Waals surface area contributed by atoms with Crippen LogP contribution in [-0.2, 0) is 4.74 Å². The van der Waals surface area contributed by atoms with Crippen molar-refractivity contribution in [1.29, 1.82) is 0 Å². The van der Waals surface area contributed by atoms with E-state index in [2.05, 4.69) is 0 Å². The molecule has 1 amide bonds. The Bertz CT molecular complexity index is 380. The van der Waals surface area contributed by atoms with E-state index >= 15 is 0 Å². The molecule has 1 N–H and O–H groups in total. The molecule has 0 aromatic heterocycles. The van der Waals surface area contributed by atoms with Gasteiger partial charge in [-0.1, -0.05) is 6.92 Å². The molecule has 0 radical (unpaired) electrons. The van der Waals surface area contributed by atoms with Gasteiger partial charge in [0.05, 0.1) is 21.9 Å². The molecule has 0 bridgehead atoms. The third-order valence-corrected chi connectivity index (χ3v) is 2.66. The van der Waals surface area contributed by atoms with E-state index in [0.717, 1.165) is 0 Å². The van der Waals surface area contributed by atoms with Crippen LogP contribution in [0.1, 0.15) is 36.9 Å². The highest BCUT2D eigenvalue weighted by atomic mass is 19.3. The molecule has 1 fully saturated rings. The summed E-state index contributed by atoms with van der Waals surface area (Å²) in [5.74, 6) is -4.02. The number of nitrogens with zero attached hydrogens (tertiary/aromatic N) is 1. The number of hydrogen-bond acceptors (Lipinski definition) is 3. The summed E-state index contributed by atoms with van der Waals surface area (Å²) < 4.78 is 47.0. The van der Waals surface area contributed by atoms with Crippen molar-refractivity contribution >= 4 is 6.09 Å². The number of piperidine rings is 1. The van der Waals surface area contributed by atoms with Crippen LogP contribution in [0.3, 0.4) is 0 Å². The minimum atomic E-state index is -3.13. The normalized spacial score (nSPS) is 30.5. The highest BCUT2D eigenvalue weighted by Gasteiger charge is 2.46. The highest BCUT2D eigenvalue weighted by Crippen LogP contribution is 2.34. The molecule has 0 unspecified atom stereocenters. The smallest absolute Gasteiger partial charge is 0.410 e. The fourth-order valence-corrected chi connectivity index (χ4v) is 2.00. The van der Waals surface area contributed by atoms with Gasteiger partial charge < -0.3 is 9.84 Å². The molecule has 1 rings (SSSR count). The monoisotopic (exact) mass is 267 g/mol. The van der Waals surface area contributed by atoms with E-state index in [1.54, 1.807) is 20.8 Å². The number of carbonyl (C=O) groups excluding carboxylic acids is 1. The summed E-state index contributed by atoms with van der Waals surface area (Å²) in [7, 11) is 0. The third-order valence-electron chi connectivity index (χ3n) is 2.66. The summed E-state index contributed by atoms with van der Waals surface area (Å²) in [6.45, 7) is 2.39. The van der Waals surface area contributed by atoms with Crippen molar-refractivity contribution in [3.63, 3.8) is 0 Å². The molecule has 0 aliphatic carbocycles. The van der Waals surface area contributed by atoms with Gasteiger partial charge in [-0.2, -0.15) is 0 Å². The van der Waals surface area contributed by atoms with Crippen molar-refractivity contribution in [2.24, 2.45) is 5.92 Å². The summed E-state index contributed by atoms with van der Waals surface area (Å²) in [4.78, 5) is 12.6. The Labute approximate surface area is 109 Å². The number of halogens is 2. The first-order valence-corrected chi connectivity index (χ1v) is 5.83. The second-order valence-corrected chi connectivity index (χ2v) is 5.72. The van der Waals surface area contributed by atoms with Crippen molar-refractivity contribution in [2.75, 3.05) is 13.1 Å². The molecule has 6 heteroatoms. The zero-order valence-electron chi connectivity index (χ0n) is 13.0. The van der Waals surface area contributed by atoms with Crippen LogP contribution in [0.15, 0.2) is 0 Å². The fraction of sp³-hybridized carbons (Fsp3) is 0.917. The lowest BCUT2D eigenvalue weighted by Gasteiger charge is -2.42. The molecule has 4 nitrogen and oxygen atoms in total. The Balaban J connectivity index is 3.05. The van der Waals surface area contributed by atoms with Gasteiger partial charge in [0.15, 0.2) is 0 Å². The van der Waals surface area contributed by atoms with E-state index in [-0.39, 0.29) is 0 Å². The predicted molar refractivity (Wildman–Crippen MR) is 62.5 cm³/mol. The molecular formula is C12H21F2NO3. The van der Waals surface area contributed by atoms with Gasteiger partial charge in [0, 0.05) is 6.42 Å². The Morgan fingerprint density at radius 3 is 2.61 bits per heavy atom. The summed E-state index contributed by atoms with van der Waals surface area (Å²) in [6, 6.07) is -1.36. The van der Waals surface area contributed by atoms with Crippen LogP contribution in [0.2, 0.25) is 0 Å². The van der Waals surface area contributed by atoms with Crippen LogP contribution in [0.5, 0.6) is 0 Å². The lowest BCUT2D eigenvalue weighted by atomic mass is 9.89. The molecule has 2 atom stereocenters. The van der Waals surface area contributed by atoms with Crippen molar-refractivity contribution in [2.45, 2.75) is 51.7 Å². The highest BCUT2D eigenvalue weighted by molar-refractivity contribution is 5.69. The van der Waals surface area contributed by atoms with E-state index in [1.165, 1.54) is 6.92 Å². The molecule has 0 aromatic rings. The summed E-state index contributed by atoms with van der Waals surface area (Å²) >= 11 is 0. The van der Waals surface area contributed by atoms with E-state index in [0.29, 0.717) is 4.90 Å². The molecule has 1 saturated heterocycles. The first-order valence-electron chi connectivity index (χ1n) is 6.83. The first-order chi connectivity index (χ1) is 8.73. The van der Waals surface area contributed by atoms with Gasteiger partial charge >= 0.3 is 6.09 Å². The third kappa shape index (κ3) is 3.80. The minimum absolute atomic E-state index is 0.586. The number of carbonyl (C=O) groups is 1. The number of alkyl halides is 2. The topological polar surface area (TPSA) is 49.8 Å². The van der Waals surface area contributed by atoms with E-state index in [1.807, 2.05) is 0 Å². The maximum atomic E-state index is 13.6. The Morgan fingerprint density at radius 2 is 2.17 bits per heavy atom. The van der Waals surface area contributed by atoms with E-state index in [4.69, 9.17) is 7.48 Å². The van der Waals surface area contributed by atoms with Gasteiger partial charge in [-0.05, 0) is 26.7 Å². The summed E-state index contributed by atoms with van der Waals surface area (Å²) in [6.07, 6.45) is -1.64. The largest absolute Gasteiger partial charge is 0.444 e. The van der Waals surface area contributed by atoms with Gasteiger partial charge in [-0.15, -0.1) is 0 Å². The van der Waals surface area contributed by atoms with Gasteiger partial charge in [-0.25, -0.2) is 13.6 Å². The van der Waals surface area contributed by atoms with Crippen LogP contribution in [0, 0.1) is 5.92 Å². The quantitative estimate of drug-likeness (QED) is 0.792. The number of aliphatic hydroxyl groups is 1. The lowest BCUT2D eigenvalue weighted by molar-refractivity contribution is -0.111. The van der Waals surface area contributed by atoms with Crippen molar-refractivity contribution in [3.05, 3.63) is 0 Å². The average molecular weight is 267 g/mol. The fourth-order valence-electron chi connectivity index (χ4n) is 2.00. The number of likely N-dealkylation sites (tertiary alicyclic amines) is 1. The Kier molecular flexibility index (Phi) is 3.37. The second kappa shape index (κ2) is 4.99. The zero-order valence-corrected chi connectivity index (χ0v) is 11.0. The average Bonchev–Trinajstić information content (AvgIpc) is 2.08. The first kappa shape index (κ1) is 12.1. The van der Waals surface area contributed by atoms with Crippen LogP contribution in [-0.4, -0.2) is 46.8 Å². The zero-order chi connectivity index (χ0) is 15.9. The van der Waals surface area contributed by atoms with E-state index < -0.39 is 49.1 Å². The van der Waals surface area contributed by atoms with Crippen molar-refractivity contribution < 1.29 is 26.2 Å². The number of rotatable bonds is 1. The van der Waals surface area contributed by atoms with Gasteiger partial charge in [0.1, 0.15) is 5.60 Å². The number of hydrogen-bond donors (Lipinski definition) is 1. The lowest BCUT2D eigenvalue weighted by Crippen LogP contribution is -2.57. The minimum Gasteiger partial charge on any atom is -0.444 e. The molecule has 1 aliphatic rings. The Morgan fingerprint density at radius 1 is 1.61 bits per heavy atom. The predicted octanol–water partition coefficient (Wildman–Crippen LogP) is 2.26. The van der Waals surface area contributed by atoms with Gasteiger partial charge in [-0.3, -0.25) is 4.90 Å². The molecule has 0 spiro atoms. The number of amides is 1. The maximum absolute atomic E-state index is 13.6. The number of ether oxygens (including phenoxy) is 1. The molecule has 1 aliphatic heterocycles. The SMILES string of the molecule is [2H]C([2H])(O)[C@@H]1[C@H](C)CC(F)(F)CN1C(=O)OC(C)(C)C. The van der Waals surface area contributed by atoms with Crippen molar-refractivity contribution in [3.8, 4) is 0 Å². The van der Waals surface area contributed by atoms with Gasteiger partial charge in [0.25, 0.3) is 5.92 Å². The maximum Gasteiger partial charge on any atom is 0.410 e. The summed E-state index contributed by atoms with van der Waals surface area (Å²) in [5.41, 5.74) is -0.889. The van der Waals surface area contributed by atoms with Crippen LogP contribution in [0.25, 0.3) is 0 Å². The van der Waals surface area contributed by atoms with Gasteiger partial charge in [0.2, 0.25) is 0 Å². The standard InChI is InChI=1S/C12H21F2NO3/c1-8-5-12(13,14)7-15(9(8)6-16)10(17)18-11(2,3)4/h8-9,16H,5-7H2,1-4H3/t8-,9-/m1/s1/i6D2. The molecule has 0 aromatic carbocycles. The molecular weight excluding hydrogens is 244 g/mol. The van der Waals surface area contributed by atoms with E-state index in [9.17, 15) is 18.7 Å². The molecule has 18 heavy (non-hydrogen) atoms. The Hall–Kier alpha value is -0.910. The second-order valence-electron chi connectivity index (χ2n) is 5.72. The van der Waals surface area contributed by atoms with Crippen LogP contribution >= 0.6 is 0 Å². The molecule has 106 valence electrons. The van der Waals surface area contributed by atoms with Crippen LogP contribution in [0.4, 0.5) is 13.6 Å². The van der Waals surface area contributed by atoms with Crippen molar-refractivity contribution in [1.82, 2.24) is 4.90 Å². The van der Waals surface area contributed by atoms with Crippen LogP contribution < -0.4 is 0 Å².